The maximum atomic E-state index is 6.01. The molecule has 7 nitrogen and oxygen atoms in total. The number of rotatable bonds is 8. The van der Waals surface area contributed by atoms with Crippen LogP contribution in [0.1, 0.15) is 18.0 Å². The molecule has 3 aromatic carbocycles. The lowest BCUT2D eigenvalue weighted by atomic mass is 10.1. The van der Waals surface area contributed by atoms with Crippen LogP contribution in [-0.4, -0.2) is 34.7 Å². The third-order valence-electron chi connectivity index (χ3n) is 6.80. The predicted octanol–water partition coefficient (Wildman–Crippen LogP) is 6.05. The van der Waals surface area contributed by atoms with Crippen molar-refractivity contribution in [3.63, 3.8) is 0 Å². The van der Waals surface area contributed by atoms with Crippen molar-refractivity contribution in [3.05, 3.63) is 97.0 Å². The Kier molecular flexibility index (Phi) is 6.44. The summed E-state index contributed by atoms with van der Waals surface area (Å²) in [4.78, 5) is 9.38. The number of nitrogens with one attached hydrogen (secondary N) is 2. The number of nitrogens with zero attached hydrogens (tertiary/aromatic N) is 3. The summed E-state index contributed by atoms with van der Waals surface area (Å²) >= 11 is 0. The first-order chi connectivity index (χ1) is 18.3. The van der Waals surface area contributed by atoms with Crippen LogP contribution < -0.4 is 20.1 Å². The Bertz CT molecular complexity index is 1480. The van der Waals surface area contributed by atoms with Gasteiger partial charge in [0, 0.05) is 30.9 Å². The molecule has 0 amide bonds. The van der Waals surface area contributed by atoms with E-state index < -0.39 is 0 Å². The van der Waals surface area contributed by atoms with Crippen LogP contribution >= 0.6 is 0 Å². The van der Waals surface area contributed by atoms with Crippen LogP contribution in [0.25, 0.3) is 22.2 Å². The molecular weight excluding hydrogens is 462 g/mol. The van der Waals surface area contributed by atoms with E-state index in [-0.39, 0.29) is 0 Å². The van der Waals surface area contributed by atoms with Crippen molar-refractivity contribution in [2.45, 2.75) is 19.0 Å². The quantitative estimate of drug-likeness (QED) is 0.275. The number of methoxy groups -OCH3 is 1. The molecule has 37 heavy (non-hydrogen) atoms. The van der Waals surface area contributed by atoms with E-state index in [0.29, 0.717) is 12.6 Å². The van der Waals surface area contributed by atoms with E-state index in [1.54, 1.807) is 13.4 Å². The molecule has 6 rings (SSSR count). The second-order valence-electron chi connectivity index (χ2n) is 9.16. The van der Waals surface area contributed by atoms with E-state index in [9.17, 15) is 0 Å². The van der Waals surface area contributed by atoms with E-state index in [4.69, 9.17) is 14.5 Å². The van der Waals surface area contributed by atoms with Crippen LogP contribution in [0.2, 0.25) is 0 Å². The molecule has 3 heterocycles. The zero-order chi connectivity index (χ0) is 25.0. The molecule has 2 N–H and O–H groups in total. The number of para-hydroxylation sites is 1. The van der Waals surface area contributed by atoms with Gasteiger partial charge in [0.05, 0.1) is 12.5 Å². The normalized spacial score (nSPS) is 15.1. The molecule has 1 atom stereocenters. The van der Waals surface area contributed by atoms with Crippen LogP contribution in [-0.2, 0) is 6.54 Å². The Hall–Kier alpha value is -4.36. The summed E-state index contributed by atoms with van der Waals surface area (Å²) in [6.07, 6.45) is 4.95. The van der Waals surface area contributed by atoms with Gasteiger partial charge in [-0.25, -0.2) is 9.97 Å². The molecule has 2 aromatic heterocycles. The van der Waals surface area contributed by atoms with Gasteiger partial charge < -0.3 is 24.7 Å². The number of anilines is 1. The third kappa shape index (κ3) is 4.86. The second-order valence-corrected chi connectivity index (χ2v) is 9.16. The van der Waals surface area contributed by atoms with Crippen LogP contribution in [0, 0.1) is 0 Å². The lowest BCUT2D eigenvalue weighted by Crippen LogP contribution is -2.13. The molecule has 1 saturated heterocycles. The van der Waals surface area contributed by atoms with Crippen LogP contribution in [0.5, 0.6) is 17.2 Å². The van der Waals surface area contributed by atoms with Crippen molar-refractivity contribution >= 4 is 16.9 Å². The minimum atomic E-state index is 0.362. The smallest absolute Gasteiger partial charge is 0.146 e. The highest BCUT2D eigenvalue weighted by atomic mass is 16.5. The van der Waals surface area contributed by atoms with E-state index in [1.807, 2.05) is 54.6 Å². The van der Waals surface area contributed by atoms with Crippen molar-refractivity contribution < 1.29 is 9.47 Å². The van der Waals surface area contributed by atoms with Gasteiger partial charge in [-0.15, -0.1) is 0 Å². The number of benzene rings is 3. The van der Waals surface area contributed by atoms with Gasteiger partial charge in [-0.2, -0.15) is 0 Å². The molecule has 0 unspecified atom stereocenters. The van der Waals surface area contributed by atoms with Gasteiger partial charge in [0.1, 0.15) is 35.0 Å². The van der Waals surface area contributed by atoms with Gasteiger partial charge in [0.2, 0.25) is 0 Å². The summed E-state index contributed by atoms with van der Waals surface area (Å²) in [7, 11) is 1.68. The Morgan fingerprint density at radius 2 is 1.68 bits per heavy atom. The zero-order valence-electron chi connectivity index (χ0n) is 20.7. The summed E-state index contributed by atoms with van der Waals surface area (Å²) < 4.78 is 13.6. The van der Waals surface area contributed by atoms with E-state index in [0.717, 1.165) is 70.3 Å². The maximum Gasteiger partial charge on any atom is 0.146 e. The number of hydrogen-bond acceptors (Lipinski definition) is 6. The molecule has 1 aliphatic heterocycles. The average Bonchev–Trinajstić information content (AvgIpc) is 3.62. The largest absolute Gasteiger partial charge is 0.497 e. The minimum Gasteiger partial charge on any atom is -0.497 e. The molecular formula is C30H29N5O2. The number of aromatic nitrogens is 3. The first kappa shape index (κ1) is 23.1. The average molecular weight is 492 g/mol. The fourth-order valence-corrected chi connectivity index (χ4v) is 4.85. The minimum absolute atomic E-state index is 0.362. The van der Waals surface area contributed by atoms with Crippen molar-refractivity contribution in [1.82, 2.24) is 19.9 Å². The molecule has 1 aliphatic rings. The van der Waals surface area contributed by atoms with E-state index >= 15 is 0 Å². The van der Waals surface area contributed by atoms with Crippen molar-refractivity contribution in [2.75, 3.05) is 25.5 Å². The molecule has 5 aromatic rings. The predicted molar refractivity (Wildman–Crippen MR) is 146 cm³/mol. The Morgan fingerprint density at radius 3 is 2.41 bits per heavy atom. The zero-order valence-corrected chi connectivity index (χ0v) is 20.7. The van der Waals surface area contributed by atoms with Gasteiger partial charge in [0.25, 0.3) is 0 Å². The van der Waals surface area contributed by atoms with Crippen LogP contribution in [0.15, 0.2) is 91.4 Å². The van der Waals surface area contributed by atoms with Gasteiger partial charge in [0.15, 0.2) is 0 Å². The lowest BCUT2D eigenvalue weighted by Gasteiger charge is -2.12. The van der Waals surface area contributed by atoms with Gasteiger partial charge in [-0.3, -0.25) is 0 Å². The molecule has 0 bridgehead atoms. The highest BCUT2D eigenvalue weighted by Gasteiger charge is 2.23. The highest BCUT2D eigenvalue weighted by molar-refractivity contribution is 6.01. The highest BCUT2D eigenvalue weighted by Crippen LogP contribution is 2.37. The topological polar surface area (TPSA) is 73.2 Å². The first-order valence-electron chi connectivity index (χ1n) is 12.5. The summed E-state index contributed by atoms with van der Waals surface area (Å²) in [5, 5.41) is 8.06. The summed E-state index contributed by atoms with van der Waals surface area (Å²) in [6.45, 7) is 2.60. The van der Waals surface area contributed by atoms with Gasteiger partial charge in [-0.05, 0) is 60.5 Å². The molecule has 0 aliphatic carbocycles. The SMILES string of the molecule is COc1ccc(CNc2ncnc3c2c(-c2ccc(Oc4ccccc4)cc2)cn3[C@@H]2CCNC2)cc1. The lowest BCUT2D eigenvalue weighted by molar-refractivity contribution is 0.414. The van der Waals surface area contributed by atoms with Crippen molar-refractivity contribution in [1.29, 1.82) is 0 Å². The molecule has 0 radical (unpaired) electrons. The Balaban J connectivity index is 1.35. The van der Waals surface area contributed by atoms with Crippen LogP contribution in [0.4, 0.5) is 5.82 Å². The molecule has 186 valence electrons. The molecule has 0 saturated carbocycles. The molecule has 1 fully saturated rings. The summed E-state index contributed by atoms with van der Waals surface area (Å²) in [6, 6.07) is 26.5. The van der Waals surface area contributed by atoms with Crippen molar-refractivity contribution in [3.8, 4) is 28.4 Å². The van der Waals surface area contributed by atoms with E-state index in [2.05, 4.69) is 50.6 Å². The fourth-order valence-electron chi connectivity index (χ4n) is 4.85. The standard InChI is InChI=1S/C30H29N5O2/c1-36-24-11-7-21(8-12-24)17-32-29-28-27(19-35(23-15-16-31-18-23)30(28)34-20-33-29)22-9-13-26(14-10-22)37-25-5-3-2-4-6-25/h2-14,19-20,23,31H,15-18H2,1H3,(H,32,33,34)/t23-/m1/s1. The van der Waals surface area contributed by atoms with Crippen LogP contribution in [0.3, 0.4) is 0 Å². The van der Waals surface area contributed by atoms with E-state index in [1.165, 1.54) is 0 Å². The Labute approximate surface area is 216 Å². The van der Waals surface area contributed by atoms with Gasteiger partial charge in [-0.1, -0.05) is 42.5 Å². The second kappa shape index (κ2) is 10.3. The van der Waals surface area contributed by atoms with Crippen molar-refractivity contribution in [2.24, 2.45) is 0 Å². The monoisotopic (exact) mass is 491 g/mol. The Morgan fingerprint density at radius 1 is 0.919 bits per heavy atom. The number of fused-ring (bicyclic) bond motifs is 1. The number of hydrogen-bond donors (Lipinski definition) is 2. The summed E-state index contributed by atoms with van der Waals surface area (Å²) in [5.74, 6) is 3.29. The fraction of sp³-hybridized carbons (Fsp3) is 0.200. The molecule has 7 heteroatoms. The third-order valence-corrected chi connectivity index (χ3v) is 6.80. The first-order valence-corrected chi connectivity index (χ1v) is 12.5. The molecule has 0 spiro atoms. The number of ether oxygens (including phenoxy) is 2. The van der Waals surface area contributed by atoms with Gasteiger partial charge >= 0.3 is 0 Å². The summed E-state index contributed by atoms with van der Waals surface area (Å²) in [5.41, 5.74) is 4.29. The maximum absolute atomic E-state index is 6.01.